The molecule has 0 bridgehead atoms. The van der Waals surface area contributed by atoms with Gasteiger partial charge in [-0.25, -0.2) is 0 Å². The average Bonchev–Trinajstić information content (AvgIpc) is 3.76. The molecule has 2 nitrogen and oxygen atoms in total. The summed E-state index contributed by atoms with van der Waals surface area (Å²) in [5.74, 6) is 0.497. The van der Waals surface area contributed by atoms with Gasteiger partial charge in [0.15, 0.2) is 0 Å². The normalized spacial score (nSPS) is 19.3. The second-order valence-electron chi connectivity index (χ2n) is 32.7. The fourth-order valence-electron chi connectivity index (χ4n) is 15.0. The maximum atomic E-state index is 2.84. The van der Waals surface area contributed by atoms with Gasteiger partial charge in [-0.05, 0) is 209 Å². The van der Waals surface area contributed by atoms with E-state index in [-0.39, 0.29) is 50.0 Å². The molecule has 0 amide bonds. The smallest absolute Gasteiger partial charge is 0.264 e. The highest BCUT2D eigenvalue weighted by molar-refractivity contribution is 7.33. The highest BCUT2D eigenvalue weighted by Crippen LogP contribution is 2.56. The molecular weight excluding hydrogens is 984 g/mol. The van der Waals surface area contributed by atoms with Gasteiger partial charge < -0.3 is 9.80 Å². The maximum Gasteiger partial charge on any atom is 0.264 e. The van der Waals surface area contributed by atoms with Crippen LogP contribution in [0.5, 0.6) is 0 Å². The molecule has 3 heterocycles. The van der Waals surface area contributed by atoms with Crippen LogP contribution in [0, 0.1) is 0 Å². The van der Waals surface area contributed by atoms with E-state index >= 15 is 0 Å². The van der Waals surface area contributed by atoms with Crippen LogP contribution in [0.25, 0.3) is 21.2 Å². The topological polar surface area (TPSA) is 6.48 Å². The first kappa shape index (κ1) is 55.5. The molecule has 0 radical (unpaired) electrons. The summed E-state index contributed by atoms with van der Waals surface area (Å²) < 4.78 is 2.91. The van der Waals surface area contributed by atoms with E-state index in [1.807, 2.05) is 0 Å². The first-order valence-electron chi connectivity index (χ1n) is 31.1. The van der Waals surface area contributed by atoms with E-state index in [4.69, 9.17) is 0 Å². The van der Waals surface area contributed by atoms with E-state index in [1.165, 1.54) is 168 Å². The zero-order valence-corrected chi connectivity index (χ0v) is 53.9. The maximum absolute atomic E-state index is 2.84. The highest BCUT2D eigenvalue weighted by Gasteiger charge is 2.48. The summed E-state index contributed by atoms with van der Waals surface area (Å²) in [6, 6.07) is 41.4. The van der Waals surface area contributed by atoms with Gasteiger partial charge in [-0.2, -0.15) is 0 Å². The van der Waals surface area contributed by atoms with Crippen molar-refractivity contribution in [2.24, 2.45) is 0 Å². The number of thiophene rings is 1. The third-order valence-electron chi connectivity index (χ3n) is 20.8. The molecule has 0 atom stereocenters. The second kappa shape index (κ2) is 18.2. The Balaban J connectivity index is 1.24. The number of hydrogen-bond acceptors (Lipinski definition) is 3. The SMILES string of the molecule is CC(C)(C)c1cc(-c2cc(C(C)(C)C)ccc2N2c3ccc(C(C)(C)C)cc3B3c4sc5cc6c(cc5c4N(c4ccc5c(c4)C(C)(C)CCC5(C)C)c4cc(C5CCCCC5)cc2c43)C(C)(C)CCC6(C)C)cc(C(C)(C)C)c1. The van der Waals surface area contributed by atoms with Crippen LogP contribution in [0.15, 0.2) is 97.1 Å². The van der Waals surface area contributed by atoms with Crippen molar-refractivity contribution < 1.29 is 0 Å². The van der Waals surface area contributed by atoms with Crippen molar-refractivity contribution in [2.45, 2.75) is 245 Å². The Morgan fingerprint density at radius 1 is 0.450 bits per heavy atom. The minimum atomic E-state index is -0.0479. The first-order valence-corrected chi connectivity index (χ1v) is 32.0. The van der Waals surface area contributed by atoms with Crippen molar-refractivity contribution in [3.8, 4) is 11.1 Å². The van der Waals surface area contributed by atoms with Crippen LogP contribution in [-0.2, 0) is 43.3 Å². The number of rotatable bonds is 4. The number of nitrogens with zero attached hydrogens (tertiary/aromatic N) is 2. The Bertz CT molecular complexity index is 3620. The molecule has 1 saturated carbocycles. The Morgan fingerprint density at radius 3 is 1.51 bits per heavy atom. The number of fused-ring (bicyclic) bond motifs is 8. The Kier molecular flexibility index (Phi) is 12.6. The summed E-state index contributed by atoms with van der Waals surface area (Å²) in [5, 5.41) is 1.42. The van der Waals surface area contributed by atoms with Crippen LogP contribution in [-0.4, -0.2) is 6.71 Å². The Morgan fingerprint density at radius 2 is 0.950 bits per heavy atom. The predicted molar refractivity (Wildman–Crippen MR) is 352 cm³/mol. The summed E-state index contributed by atoms with van der Waals surface area (Å²) in [6.07, 6.45) is 11.2. The van der Waals surface area contributed by atoms with E-state index in [1.54, 1.807) is 11.1 Å². The standard InChI is InChI=1S/C76H95BN2S/c1-69(2,3)49-26-30-61(54(41-49)48-36-51(71(7,8)9)40-52(37-48)72(10,11)12)79-62-31-27-50(70(4,5)6)42-60(62)77-66-63(38-47(39-64(66)79)46-24-22-21-23-25-46)78(53-28-29-56-57(43-53)74(15,16)33-32-73(56,13)14)67-55-44-58-59(45-65(55)80-68(67)77)76(19,20)35-34-75(58,17)18/h26-31,36-46H,21-25,32-35H2,1-20H3. The monoisotopic (exact) mass is 1080 g/mol. The minimum absolute atomic E-state index is 0.0304. The van der Waals surface area contributed by atoms with Gasteiger partial charge in [0, 0.05) is 43.2 Å². The van der Waals surface area contributed by atoms with Gasteiger partial charge in [0.05, 0.1) is 11.4 Å². The summed E-state index contributed by atoms with van der Waals surface area (Å²) in [6.45, 7) is 48.7. The molecule has 7 aromatic rings. The van der Waals surface area contributed by atoms with Crippen LogP contribution >= 0.6 is 11.3 Å². The third kappa shape index (κ3) is 9.08. The van der Waals surface area contributed by atoms with Gasteiger partial charge in [-0.1, -0.05) is 200 Å². The predicted octanol–water partition coefficient (Wildman–Crippen LogP) is 20.6. The molecule has 3 aliphatic carbocycles. The first-order chi connectivity index (χ1) is 37.1. The molecule has 0 saturated heterocycles. The molecule has 5 aliphatic rings. The summed E-state index contributed by atoms with van der Waals surface area (Å²) >= 11 is 2.10. The van der Waals surface area contributed by atoms with Crippen molar-refractivity contribution in [2.75, 3.05) is 9.80 Å². The lowest BCUT2D eigenvalue weighted by Crippen LogP contribution is -2.60. The van der Waals surface area contributed by atoms with Crippen LogP contribution in [0.2, 0.25) is 0 Å². The van der Waals surface area contributed by atoms with Gasteiger partial charge in [0.25, 0.3) is 6.71 Å². The molecule has 6 aromatic carbocycles. The fraction of sp³-hybridized carbons (Fsp3) is 0.500. The van der Waals surface area contributed by atoms with Crippen molar-refractivity contribution in [3.63, 3.8) is 0 Å². The lowest BCUT2D eigenvalue weighted by atomic mass is 9.36. The molecule has 0 unspecified atom stereocenters. The molecular formula is C76H95BN2S. The lowest BCUT2D eigenvalue weighted by Gasteiger charge is -2.46. The third-order valence-corrected chi connectivity index (χ3v) is 22.0. The average molecular weight is 1080 g/mol. The molecule has 4 heteroatoms. The van der Waals surface area contributed by atoms with Crippen LogP contribution in [0.3, 0.4) is 0 Å². The van der Waals surface area contributed by atoms with Crippen LogP contribution in [0.1, 0.15) is 252 Å². The van der Waals surface area contributed by atoms with Crippen molar-refractivity contribution in [1.29, 1.82) is 0 Å². The summed E-state index contributed by atoms with van der Waals surface area (Å²) in [4.78, 5) is 5.62. The van der Waals surface area contributed by atoms with E-state index in [0.717, 1.165) is 0 Å². The van der Waals surface area contributed by atoms with Crippen molar-refractivity contribution >= 4 is 78.0 Å². The summed E-state index contributed by atoms with van der Waals surface area (Å²) in [5.41, 5.74) is 26.8. The quantitative estimate of drug-likeness (QED) is 0.162. The molecule has 418 valence electrons. The highest BCUT2D eigenvalue weighted by atomic mass is 32.1. The van der Waals surface area contributed by atoms with Gasteiger partial charge in [0.1, 0.15) is 0 Å². The number of hydrogen-bond donors (Lipinski definition) is 0. The Labute approximate surface area is 488 Å². The van der Waals surface area contributed by atoms with E-state index in [2.05, 4.69) is 257 Å². The van der Waals surface area contributed by atoms with Gasteiger partial charge in [-0.3, -0.25) is 0 Å². The van der Waals surface area contributed by atoms with Crippen molar-refractivity contribution in [1.82, 2.24) is 0 Å². The minimum Gasteiger partial charge on any atom is -0.311 e. The van der Waals surface area contributed by atoms with Crippen molar-refractivity contribution in [3.05, 3.63) is 147 Å². The van der Waals surface area contributed by atoms with E-state index in [9.17, 15) is 0 Å². The number of benzene rings is 6. The molecule has 80 heavy (non-hydrogen) atoms. The molecule has 0 spiro atoms. The summed E-state index contributed by atoms with van der Waals surface area (Å²) in [7, 11) is 0. The van der Waals surface area contributed by atoms with Gasteiger partial charge in [0.2, 0.25) is 0 Å². The zero-order valence-electron chi connectivity index (χ0n) is 53.1. The molecule has 1 fully saturated rings. The molecule has 1 aromatic heterocycles. The molecule has 2 aliphatic heterocycles. The van der Waals surface area contributed by atoms with Crippen LogP contribution < -0.4 is 25.5 Å². The van der Waals surface area contributed by atoms with E-state index < -0.39 is 0 Å². The molecule has 12 rings (SSSR count). The fourth-order valence-corrected chi connectivity index (χ4v) is 16.4. The van der Waals surface area contributed by atoms with E-state index in [0.29, 0.717) is 5.92 Å². The number of anilines is 6. The molecule has 0 N–H and O–H groups in total. The Hall–Kier alpha value is -5.06. The van der Waals surface area contributed by atoms with Crippen LogP contribution in [0.4, 0.5) is 34.1 Å². The van der Waals surface area contributed by atoms with Gasteiger partial charge >= 0.3 is 0 Å². The largest absolute Gasteiger partial charge is 0.311 e. The second-order valence-corrected chi connectivity index (χ2v) is 33.8. The zero-order chi connectivity index (χ0) is 57.4. The lowest BCUT2D eigenvalue weighted by molar-refractivity contribution is 0.332. The van der Waals surface area contributed by atoms with Gasteiger partial charge in [-0.15, -0.1) is 11.3 Å².